The molecule has 0 unspecified atom stereocenters. The first-order chi connectivity index (χ1) is 9.92. The van der Waals surface area contributed by atoms with Crippen LogP contribution in [-0.4, -0.2) is 61.2 Å². The minimum Gasteiger partial charge on any atom is -0.314 e. The van der Waals surface area contributed by atoms with E-state index in [0.717, 1.165) is 12.1 Å². The zero-order valence-electron chi connectivity index (χ0n) is 13.2. The van der Waals surface area contributed by atoms with Crippen LogP contribution in [0.15, 0.2) is 0 Å². The van der Waals surface area contributed by atoms with Crippen LogP contribution < -0.4 is 5.32 Å². The van der Waals surface area contributed by atoms with Gasteiger partial charge in [-0.2, -0.15) is 0 Å². The molecule has 1 saturated heterocycles. The fourth-order valence-electron chi connectivity index (χ4n) is 3.85. The molecule has 3 rings (SSSR count). The van der Waals surface area contributed by atoms with Gasteiger partial charge in [-0.15, -0.1) is 0 Å². The molecule has 0 spiro atoms. The zero-order chi connectivity index (χ0) is 13.6. The van der Waals surface area contributed by atoms with E-state index in [9.17, 15) is 0 Å². The summed E-state index contributed by atoms with van der Waals surface area (Å²) in [7, 11) is 0. The van der Waals surface area contributed by atoms with E-state index in [4.69, 9.17) is 0 Å². The zero-order valence-corrected chi connectivity index (χ0v) is 13.2. The maximum absolute atomic E-state index is 3.61. The van der Waals surface area contributed by atoms with Gasteiger partial charge in [0.25, 0.3) is 0 Å². The Morgan fingerprint density at radius 1 is 0.800 bits per heavy atom. The average molecular weight is 279 g/mol. The minimum absolute atomic E-state index is 0.888. The quantitative estimate of drug-likeness (QED) is 0.689. The summed E-state index contributed by atoms with van der Waals surface area (Å²) in [6.45, 7) is 7.87. The Balaban J connectivity index is 1.19. The number of rotatable bonds is 8. The Kier molecular flexibility index (Phi) is 5.75. The maximum Gasteiger partial charge on any atom is 0.0113 e. The van der Waals surface area contributed by atoms with Crippen LogP contribution in [0.2, 0.25) is 0 Å². The van der Waals surface area contributed by atoms with Crippen LogP contribution in [0.4, 0.5) is 0 Å². The highest BCUT2D eigenvalue weighted by Gasteiger charge is 2.25. The van der Waals surface area contributed by atoms with Crippen LogP contribution in [0, 0.1) is 0 Å². The molecule has 20 heavy (non-hydrogen) atoms. The molecule has 0 radical (unpaired) electrons. The number of hydrogen-bond donors (Lipinski definition) is 1. The van der Waals surface area contributed by atoms with Crippen LogP contribution in [0.5, 0.6) is 0 Å². The van der Waals surface area contributed by atoms with Gasteiger partial charge in [-0.25, -0.2) is 0 Å². The topological polar surface area (TPSA) is 18.5 Å². The summed E-state index contributed by atoms with van der Waals surface area (Å²) < 4.78 is 0. The van der Waals surface area contributed by atoms with Crippen molar-refractivity contribution in [2.45, 2.75) is 69.9 Å². The van der Waals surface area contributed by atoms with Gasteiger partial charge in [0, 0.05) is 38.3 Å². The molecular weight excluding hydrogens is 246 g/mol. The van der Waals surface area contributed by atoms with Crippen molar-refractivity contribution in [2.75, 3.05) is 39.3 Å². The van der Waals surface area contributed by atoms with Crippen LogP contribution in [0.25, 0.3) is 0 Å². The monoisotopic (exact) mass is 279 g/mol. The summed E-state index contributed by atoms with van der Waals surface area (Å²) in [4.78, 5) is 5.46. The lowest BCUT2D eigenvalue weighted by atomic mass is 10.1. The Morgan fingerprint density at radius 2 is 1.55 bits per heavy atom. The molecule has 0 bridgehead atoms. The third-order valence-corrected chi connectivity index (χ3v) is 5.41. The van der Waals surface area contributed by atoms with E-state index < -0.39 is 0 Å². The van der Waals surface area contributed by atoms with Crippen LogP contribution in [-0.2, 0) is 0 Å². The van der Waals surface area contributed by atoms with Gasteiger partial charge in [-0.1, -0.05) is 19.3 Å². The molecular formula is C17H33N3. The van der Waals surface area contributed by atoms with Gasteiger partial charge in [0.2, 0.25) is 0 Å². The van der Waals surface area contributed by atoms with E-state index in [-0.39, 0.29) is 0 Å². The molecule has 0 amide bonds. The lowest BCUT2D eigenvalue weighted by Gasteiger charge is -2.38. The van der Waals surface area contributed by atoms with Crippen molar-refractivity contribution < 1.29 is 0 Å². The van der Waals surface area contributed by atoms with Crippen molar-refractivity contribution in [2.24, 2.45) is 0 Å². The molecule has 2 aliphatic carbocycles. The molecule has 3 fully saturated rings. The second-order valence-corrected chi connectivity index (χ2v) is 7.10. The highest BCUT2D eigenvalue weighted by molar-refractivity contribution is 4.82. The molecule has 3 nitrogen and oxygen atoms in total. The Hall–Kier alpha value is -0.120. The number of nitrogens with zero attached hydrogens (tertiary/aromatic N) is 2. The summed E-state index contributed by atoms with van der Waals surface area (Å²) in [6, 6.07) is 1.82. The van der Waals surface area contributed by atoms with Crippen molar-refractivity contribution in [1.82, 2.24) is 15.1 Å². The van der Waals surface area contributed by atoms with E-state index in [1.165, 1.54) is 97.1 Å². The van der Waals surface area contributed by atoms with Crippen molar-refractivity contribution in [3.63, 3.8) is 0 Å². The molecule has 1 heterocycles. The smallest absolute Gasteiger partial charge is 0.0113 e. The third kappa shape index (κ3) is 4.71. The molecule has 0 aromatic rings. The predicted molar refractivity (Wildman–Crippen MR) is 85.1 cm³/mol. The summed E-state index contributed by atoms with van der Waals surface area (Å²) in [5.41, 5.74) is 0. The molecule has 2 saturated carbocycles. The van der Waals surface area contributed by atoms with E-state index >= 15 is 0 Å². The van der Waals surface area contributed by atoms with E-state index in [0.29, 0.717) is 0 Å². The van der Waals surface area contributed by atoms with Gasteiger partial charge in [-0.05, 0) is 51.6 Å². The molecule has 1 aliphatic heterocycles. The Labute approximate surface area is 125 Å². The van der Waals surface area contributed by atoms with E-state index in [2.05, 4.69) is 15.1 Å². The first kappa shape index (κ1) is 14.8. The first-order valence-corrected chi connectivity index (χ1v) is 9.11. The molecule has 116 valence electrons. The fraction of sp³-hybridized carbons (Fsp3) is 1.00. The minimum atomic E-state index is 0.888. The summed E-state index contributed by atoms with van der Waals surface area (Å²) in [6.07, 6.45) is 12.9. The van der Waals surface area contributed by atoms with Gasteiger partial charge in [0.1, 0.15) is 0 Å². The summed E-state index contributed by atoms with van der Waals surface area (Å²) in [5.74, 6) is 0. The van der Waals surface area contributed by atoms with E-state index in [1.807, 2.05) is 0 Å². The second-order valence-electron chi connectivity index (χ2n) is 7.10. The van der Waals surface area contributed by atoms with E-state index in [1.54, 1.807) is 0 Å². The van der Waals surface area contributed by atoms with Crippen LogP contribution in [0.3, 0.4) is 0 Å². The van der Waals surface area contributed by atoms with Crippen LogP contribution >= 0.6 is 0 Å². The van der Waals surface area contributed by atoms with Gasteiger partial charge in [-0.3, -0.25) is 4.90 Å². The van der Waals surface area contributed by atoms with Crippen LogP contribution in [0.1, 0.15) is 57.8 Å². The number of nitrogens with one attached hydrogen (secondary N) is 1. The van der Waals surface area contributed by atoms with Crippen molar-refractivity contribution >= 4 is 0 Å². The average Bonchev–Trinajstić information content (AvgIpc) is 3.14. The second kappa shape index (κ2) is 7.77. The summed E-state index contributed by atoms with van der Waals surface area (Å²) >= 11 is 0. The highest BCUT2D eigenvalue weighted by Crippen LogP contribution is 2.24. The van der Waals surface area contributed by atoms with Crippen molar-refractivity contribution in [1.29, 1.82) is 0 Å². The van der Waals surface area contributed by atoms with Gasteiger partial charge in [0.15, 0.2) is 0 Å². The van der Waals surface area contributed by atoms with Crippen molar-refractivity contribution in [3.05, 3.63) is 0 Å². The van der Waals surface area contributed by atoms with Gasteiger partial charge < -0.3 is 10.2 Å². The van der Waals surface area contributed by atoms with Gasteiger partial charge in [0.05, 0.1) is 0 Å². The largest absolute Gasteiger partial charge is 0.314 e. The lowest BCUT2D eigenvalue weighted by molar-refractivity contribution is 0.0967. The molecule has 3 heteroatoms. The molecule has 0 aromatic carbocycles. The summed E-state index contributed by atoms with van der Waals surface area (Å²) in [5, 5.41) is 3.61. The molecule has 0 aromatic heterocycles. The maximum atomic E-state index is 3.61. The Bertz CT molecular complexity index is 263. The number of unbranched alkanes of at least 4 members (excludes halogenated alkanes) is 2. The normalized spacial score (nSPS) is 26.4. The highest BCUT2D eigenvalue weighted by atomic mass is 15.3. The molecule has 3 aliphatic rings. The van der Waals surface area contributed by atoms with Crippen molar-refractivity contribution in [3.8, 4) is 0 Å². The third-order valence-electron chi connectivity index (χ3n) is 5.41. The van der Waals surface area contributed by atoms with Gasteiger partial charge >= 0.3 is 0 Å². The molecule has 1 N–H and O–H groups in total. The number of piperazine rings is 1. The molecule has 0 atom stereocenters. The standard InChI is InChI=1S/C17H33N3/c1(4-10-18-16-8-9-16)5-11-19-12-14-20(15-13-19)17-6-2-3-7-17/h16-18H,1-15H2. The first-order valence-electron chi connectivity index (χ1n) is 9.11. The Morgan fingerprint density at radius 3 is 2.25 bits per heavy atom. The fourth-order valence-corrected chi connectivity index (χ4v) is 3.85. The lowest BCUT2D eigenvalue weighted by Crippen LogP contribution is -2.49. The predicted octanol–water partition coefficient (Wildman–Crippen LogP) is 2.47. The number of hydrogen-bond acceptors (Lipinski definition) is 3. The SMILES string of the molecule is C(CCNC1CC1)CCN1CCN(C2CCCC2)CC1.